The van der Waals surface area contributed by atoms with Gasteiger partial charge in [-0.2, -0.15) is 0 Å². The number of aryl methyl sites for hydroxylation is 2. The SMILES string of the molecule is CCOc1ccc(CC(=S)N(Cc2cc3cc(C)c(CN(CC)CC)c(C)c3[nH]c2=O)C2CCC2)cc1. The number of fused-ring (bicyclic) bond motifs is 1. The molecule has 0 radical (unpaired) electrons. The lowest BCUT2D eigenvalue weighted by Gasteiger charge is -2.39. The summed E-state index contributed by atoms with van der Waals surface area (Å²) in [6.07, 6.45) is 4.16. The molecule has 0 unspecified atom stereocenters. The van der Waals surface area contributed by atoms with E-state index in [9.17, 15) is 4.79 Å². The first kappa shape index (κ1) is 27.3. The number of thiocarbonyl (C=S) groups is 1. The van der Waals surface area contributed by atoms with Gasteiger partial charge in [-0.1, -0.05) is 38.2 Å². The Morgan fingerprint density at radius 2 is 1.76 bits per heavy atom. The molecule has 0 spiro atoms. The minimum Gasteiger partial charge on any atom is -0.494 e. The summed E-state index contributed by atoms with van der Waals surface area (Å²) in [6, 6.07) is 12.9. The highest BCUT2D eigenvalue weighted by molar-refractivity contribution is 7.80. The Labute approximate surface area is 226 Å². The molecule has 0 amide bonds. The van der Waals surface area contributed by atoms with Gasteiger partial charge in [-0.15, -0.1) is 0 Å². The van der Waals surface area contributed by atoms with Crippen LogP contribution in [0.1, 0.15) is 67.9 Å². The Hall–Kier alpha value is -2.70. The Bertz CT molecular complexity index is 1290. The van der Waals surface area contributed by atoms with Gasteiger partial charge in [0.25, 0.3) is 5.56 Å². The monoisotopic (exact) mass is 519 g/mol. The third kappa shape index (κ3) is 6.24. The predicted octanol–water partition coefficient (Wildman–Crippen LogP) is 6.31. The molecule has 1 aliphatic carbocycles. The molecule has 2 aromatic carbocycles. The molecule has 1 fully saturated rings. The summed E-state index contributed by atoms with van der Waals surface area (Å²) in [7, 11) is 0. The number of nitrogens with zero attached hydrogens (tertiary/aromatic N) is 2. The van der Waals surface area contributed by atoms with Crippen LogP contribution in [0.25, 0.3) is 10.9 Å². The van der Waals surface area contributed by atoms with Gasteiger partial charge in [-0.05, 0) is 105 Å². The Morgan fingerprint density at radius 1 is 1.05 bits per heavy atom. The van der Waals surface area contributed by atoms with Crippen LogP contribution in [0.5, 0.6) is 5.75 Å². The zero-order valence-electron chi connectivity index (χ0n) is 23.0. The smallest absolute Gasteiger partial charge is 0.253 e. The summed E-state index contributed by atoms with van der Waals surface area (Å²) in [4.78, 5) is 22.1. The van der Waals surface area contributed by atoms with Crippen molar-refractivity contribution in [3.63, 3.8) is 0 Å². The van der Waals surface area contributed by atoms with Crippen LogP contribution in [-0.4, -0.2) is 45.5 Å². The van der Waals surface area contributed by atoms with E-state index in [2.05, 4.69) is 66.7 Å². The molecule has 0 atom stereocenters. The second-order valence-electron chi connectivity index (χ2n) is 10.2. The van der Waals surface area contributed by atoms with E-state index in [1.807, 2.05) is 19.1 Å². The fourth-order valence-corrected chi connectivity index (χ4v) is 5.64. The maximum Gasteiger partial charge on any atom is 0.253 e. The van der Waals surface area contributed by atoms with Crippen LogP contribution in [0.4, 0.5) is 0 Å². The van der Waals surface area contributed by atoms with Gasteiger partial charge in [-0.3, -0.25) is 9.69 Å². The summed E-state index contributed by atoms with van der Waals surface area (Å²) >= 11 is 5.96. The Kier molecular flexibility index (Phi) is 9.04. The first-order valence-corrected chi connectivity index (χ1v) is 14.1. The van der Waals surface area contributed by atoms with E-state index in [-0.39, 0.29) is 5.56 Å². The van der Waals surface area contributed by atoms with E-state index < -0.39 is 0 Å². The average molecular weight is 520 g/mol. The number of benzene rings is 2. The van der Waals surface area contributed by atoms with Crippen molar-refractivity contribution >= 4 is 28.1 Å². The van der Waals surface area contributed by atoms with Crippen LogP contribution in [0.15, 0.2) is 41.2 Å². The van der Waals surface area contributed by atoms with Crippen molar-refractivity contribution in [3.8, 4) is 5.75 Å². The van der Waals surface area contributed by atoms with Crippen molar-refractivity contribution in [2.75, 3.05) is 19.7 Å². The topological polar surface area (TPSA) is 48.6 Å². The lowest BCUT2D eigenvalue weighted by atomic mass is 9.90. The molecule has 5 nitrogen and oxygen atoms in total. The first-order valence-electron chi connectivity index (χ1n) is 13.7. The van der Waals surface area contributed by atoms with E-state index in [0.29, 0.717) is 25.6 Å². The van der Waals surface area contributed by atoms with Crippen molar-refractivity contribution in [2.24, 2.45) is 0 Å². The van der Waals surface area contributed by atoms with Gasteiger partial charge in [-0.25, -0.2) is 0 Å². The molecule has 0 saturated heterocycles. The van der Waals surface area contributed by atoms with Gasteiger partial charge >= 0.3 is 0 Å². The highest BCUT2D eigenvalue weighted by Crippen LogP contribution is 2.29. The van der Waals surface area contributed by atoms with Crippen LogP contribution < -0.4 is 10.3 Å². The second-order valence-corrected chi connectivity index (χ2v) is 10.7. The first-order chi connectivity index (χ1) is 17.8. The van der Waals surface area contributed by atoms with Crippen LogP contribution in [-0.2, 0) is 19.5 Å². The summed E-state index contributed by atoms with van der Waals surface area (Å²) in [6.45, 7) is 14.8. The number of aromatic nitrogens is 1. The highest BCUT2D eigenvalue weighted by atomic mass is 32.1. The quantitative estimate of drug-likeness (QED) is 0.301. The van der Waals surface area contributed by atoms with E-state index in [1.165, 1.54) is 23.1 Å². The van der Waals surface area contributed by atoms with Gasteiger partial charge in [0.2, 0.25) is 0 Å². The predicted molar refractivity (Wildman–Crippen MR) is 158 cm³/mol. The average Bonchev–Trinajstić information content (AvgIpc) is 2.85. The normalized spacial score (nSPS) is 13.7. The molecule has 1 saturated carbocycles. The Balaban J connectivity index is 1.59. The number of hydrogen-bond acceptors (Lipinski definition) is 4. The zero-order chi connectivity index (χ0) is 26.5. The number of rotatable bonds is 11. The molecule has 0 bridgehead atoms. The molecule has 4 rings (SSSR count). The third-order valence-electron chi connectivity index (χ3n) is 7.87. The standard InChI is InChI=1S/C31H41N3O2S/c1-6-33(7-2)20-28-21(4)16-24-18-25(31(35)32-30(24)22(28)5)19-34(26-10-9-11-26)29(37)17-23-12-14-27(15-13-23)36-8-3/h12-16,18,26H,6-11,17,19-20H2,1-5H3,(H,32,35). The molecule has 37 heavy (non-hydrogen) atoms. The zero-order valence-corrected chi connectivity index (χ0v) is 23.8. The Morgan fingerprint density at radius 3 is 2.35 bits per heavy atom. The molecule has 6 heteroatoms. The molecule has 1 heterocycles. The lowest BCUT2D eigenvalue weighted by Crippen LogP contribution is -2.44. The van der Waals surface area contributed by atoms with Crippen molar-refractivity contribution < 1.29 is 4.74 Å². The number of nitrogens with one attached hydrogen (secondary N) is 1. The van der Waals surface area contributed by atoms with Crippen LogP contribution in [0.3, 0.4) is 0 Å². The summed E-state index contributed by atoms with van der Waals surface area (Å²) in [5.74, 6) is 0.876. The lowest BCUT2D eigenvalue weighted by molar-refractivity contribution is 0.203. The fourth-order valence-electron chi connectivity index (χ4n) is 5.26. The summed E-state index contributed by atoms with van der Waals surface area (Å²) in [5.41, 5.74) is 6.65. The molecule has 1 N–H and O–H groups in total. The highest BCUT2D eigenvalue weighted by Gasteiger charge is 2.28. The van der Waals surface area contributed by atoms with Gasteiger partial charge < -0.3 is 14.6 Å². The van der Waals surface area contributed by atoms with Crippen LogP contribution in [0, 0.1) is 13.8 Å². The van der Waals surface area contributed by atoms with Gasteiger partial charge in [0.05, 0.1) is 17.1 Å². The minimum atomic E-state index is -0.0126. The van der Waals surface area contributed by atoms with Crippen LogP contribution in [0.2, 0.25) is 0 Å². The van der Waals surface area contributed by atoms with Crippen molar-refractivity contribution in [1.82, 2.24) is 14.8 Å². The van der Waals surface area contributed by atoms with E-state index >= 15 is 0 Å². The van der Waals surface area contributed by atoms with Crippen molar-refractivity contribution in [2.45, 2.75) is 79.4 Å². The number of H-pyrrole nitrogens is 1. The summed E-state index contributed by atoms with van der Waals surface area (Å²) in [5, 5.41) is 1.10. The number of aromatic amines is 1. The van der Waals surface area contributed by atoms with Gasteiger partial charge in [0.15, 0.2) is 0 Å². The van der Waals surface area contributed by atoms with Crippen molar-refractivity contribution in [1.29, 1.82) is 0 Å². The minimum absolute atomic E-state index is 0.0126. The maximum absolute atomic E-state index is 13.3. The molecule has 198 valence electrons. The fraction of sp³-hybridized carbons (Fsp3) is 0.484. The van der Waals surface area contributed by atoms with E-state index in [0.717, 1.165) is 65.2 Å². The largest absolute Gasteiger partial charge is 0.494 e. The van der Waals surface area contributed by atoms with Gasteiger partial charge in [0, 0.05) is 31.1 Å². The number of pyridine rings is 1. The van der Waals surface area contributed by atoms with Crippen LogP contribution >= 0.6 is 12.2 Å². The molecular formula is C31H41N3O2S. The van der Waals surface area contributed by atoms with E-state index in [1.54, 1.807) is 0 Å². The molecule has 1 aromatic heterocycles. The van der Waals surface area contributed by atoms with Gasteiger partial charge in [0.1, 0.15) is 5.75 Å². The maximum atomic E-state index is 13.3. The molecule has 0 aliphatic heterocycles. The second kappa shape index (κ2) is 12.2. The number of hydrogen-bond donors (Lipinski definition) is 1. The molecular weight excluding hydrogens is 478 g/mol. The van der Waals surface area contributed by atoms with Crippen molar-refractivity contribution in [3.05, 3.63) is 74.6 Å². The van der Waals surface area contributed by atoms with E-state index in [4.69, 9.17) is 17.0 Å². The molecule has 1 aliphatic rings. The molecule has 3 aromatic rings. The summed E-state index contributed by atoms with van der Waals surface area (Å²) < 4.78 is 5.58. The third-order valence-corrected chi connectivity index (χ3v) is 8.25. The number of ether oxygens (including phenoxy) is 1.